The van der Waals surface area contributed by atoms with Crippen LogP contribution in [0.1, 0.15) is 46.4 Å². The van der Waals surface area contributed by atoms with Gasteiger partial charge in [-0.2, -0.15) is 5.10 Å². The number of halogens is 1. The lowest BCUT2D eigenvalue weighted by atomic mass is 9.92. The van der Waals surface area contributed by atoms with E-state index in [1.807, 2.05) is 4.68 Å². The smallest absolute Gasteiger partial charge is 0.135 e. The molecule has 0 atom stereocenters. The Kier molecular flexibility index (Phi) is 3.13. The number of hydrogen-bond acceptors (Lipinski definition) is 2. The molecule has 1 rings (SSSR count). The molecule has 0 spiro atoms. The maximum atomic E-state index is 5.99. The highest BCUT2D eigenvalue weighted by Gasteiger charge is 2.24. The Bertz CT molecular complexity index is 334. The van der Waals surface area contributed by atoms with Crippen LogP contribution in [0.3, 0.4) is 0 Å². The second kappa shape index (κ2) is 3.72. The maximum Gasteiger partial charge on any atom is 0.135 e. The van der Waals surface area contributed by atoms with Crippen molar-refractivity contribution in [3.05, 3.63) is 9.26 Å². The molecular weight excluding hydrogens is 289 g/mol. The fourth-order valence-corrected chi connectivity index (χ4v) is 2.46. The molecule has 0 unspecified atom stereocenters. The summed E-state index contributed by atoms with van der Waals surface area (Å²) < 4.78 is 2.98. The van der Waals surface area contributed by atoms with E-state index in [0.29, 0.717) is 6.04 Å². The van der Waals surface area contributed by atoms with Crippen molar-refractivity contribution in [2.45, 2.75) is 46.1 Å². The van der Waals surface area contributed by atoms with Gasteiger partial charge < -0.3 is 5.73 Å². The summed E-state index contributed by atoms with van der Waals surface area (Å²) in [5, 5.41) is 4.56. The van der Waals surface area contributed by atoms with Crippen LogP contribution in [0.5, 0.6) is 0 Å². The highest BCUT2D eigenvalue weighted by molar-refractivity contribution is 14.1. The lowest BCUT2D eigenvalue weighted by Gasteiger charge is -2.15. The second-order valence-electron chi connectivity index (χ2n) is 4.84. The first-order chi connectivity index (χ1) is 6.25. The summed E-state index contributed by atoms with van der Waals surface area (Å²) in [4.78, 5) is 0. The maximum absolute atomic E-state index is 5.99. The minimum Gasteiger partial charge on any atom is -0.383 e. The Morgan fingerprint density at radius 3 is 2.07 bits per heavy atom. The molecule has 0 saturated heterocycles. The quantitative estimate of drug-likeness (QED) is 0.811. The van der Waals surface area contributed by atoms with Crippen molar-refractivity contribution < 1.29 is 0 Å². The fraction of sp³-hybridized carbons (Fsp3) is 0.700. The molecule has 0 amide bonds. The van der Waals surface area contributed by atoms with Crippen LogP contribution in [0.15, 0.2) is 0 Å². The van der Waals surface area contributed by atoms with Crippen molar-refractivity contribution in [3.8, 4) is 0 Å². The molecule has 0 aliphatic carbocycles. The van der Waals surface area contributed by atoms with Crippen molar-refractivity contribution in [2.75, 3.05) is 5.73 Å². The normalized spacial score (nSPS) is 12.5. The largest absolute Gasteiger partial charge is 0.383 e. The van der Waals surface area contributed by atoms with Crippen LogP contribution in [0, 0.1) is 3.57 Å². The van der Waals surface area contributed by atoms with Crippen LogP contribution < -0.4 is 5.73 Å². The average molecular weight is 307 g/mol. The van der Waals surface area contributed by atoms with Crippen LogP contribution in [-0.2, 0) is 5.41 Å². The van der Waals surface area contributed by atoms with Crippen molar-refractivity contribution in [2.24, 2.45) is 0 Å². The number of hydrogen-bond donors (Lipinski definition) is 1. The minimum absolute atomic E-state index is 0.0603. The Labute approximate surface area is 99.2 Å². The van der Waals surface area contributed by atoms with Gasteiger partial charge in [-0.15, -0.1) is 0 Å². The van der Waals surface area contributed by atoms with Crippen molar-refractivity contribution in [1.82, 2.24) is 9.78 Å². The molecule has 1 aromatic heterocycles. The topological polar surface area (TPSA) is 43.8 Å². The SMILES string of the molecule is CC(C)n1nc(C(C)(C)C)c(I)c1N. The van der Waals surface area contributed by atoms with Gasteiger partial charge in [-0.25, -0.2) is 4.68 Å². The lowest BCUT2D eigenvalue weighted by Crippen LogP contribution is -2.14. The summed E-state index contributed by atoms with van der Waals surface area (Å²) in [6.07, 6.45) is 0. The van der Waals surface area contributed by atoms with Gasteiger partial charge in [0.1, 0.15) is 5.82 Å². The summed E-state index contributed by atoms with van der Waals surface area (Å²) in [7, 11) is 0. The molecule has 1 aromatic rings. The van der Waals surface area contributed by atoms with Crippen LogP contribution in [-0.4, -0.2) is 9.78 Å². The van der Waals surface area contributed by atoms with E-state index in [4.69, 9.17) is 5.73 Å². The molecule has 14 heavy (non-hydrogen) atoms. The van der Waals surface area contributed by atoms with Crippen LogP contribution >= 0.6 is 22.6 Å². The number of anilines is 1. The average Bonchev–Trinajstić information content (AvgIpc) is 2.28. The number of rotatable bonds is 1. The summed E-state index contributed by atoms with van der Waals surface area (Å²) in [6.45, 7) is 10.6. The predicted octanol–water partition coefficient (Wildman–Crippen LogP) is 2.95. The van der Waals surface area contributed by atoms with Gasteiger partial charge in [-0.05, 0) is 36.4 Å². The van der Waals surface area contributed by atoms with Gasteiger partial charge in [0.25, 0.3) is 0 Å². The van der Waals surface area contributed by atoms with Crippen molar-refractivity contribution in [3.63, 3.8) is 0 Å². The van der Waals surface area contributed by atoms with Gasteiger partial charge in [-0.3, -0.25) is 0 Å². The fourth-order valence-electron chi connectivity index (χ4n) is 1.30. The molecule has 3 nitrogen and oxygen atoms in total. The van der Waals surface area contributed by atoms with Crippen LogP contribution in [0.2, 0.25) is 0 Å². The lowest BCUT2D eigenvalue weighted by molar-refractivity contribution is 0.499. The summed E-state index contributed by atoms with van der Waals surface area (Å²) in [5.41, 5.74) is 7.14. The third-order valence-electron chi connectivity index (χ3n) is 2.09. The molecule has 2 N–H and O–H groups in total. The van der Waals surface area contributed by atoms with E-state index in [1.165, 1.54) is 0 Å². The number of nitrogens with zero attached hydrogens (tertiary/aromatic N) is 2. The van der Waals surface area contributed by atoms with E-state index in [-0.39, 0.29) is 5.41 Å². The van der Waals surface area contributed by atoms with E-state index in [1.54, 1.807) is 0 Å². The van der Waals surface area contributed by atoms with Crippen molar-refractivity contribution in [1.29, 1.82) is 0 Å². The van der Waals surface area contributed by atoms with E-state index in [2.05, 4.69) is 62.3 Å². The van der Waals surface area contributed by atoms with Crippen molar-refractivity contribution >= 4 is 28.4 Å². The van der Waals surface area contributed by atoms with E-state index in [0.717, 1.165) is 15.1 Å². The number of nitrogens with two attached hydrogens (primary N) is 1. The Morgan fingerprint density at radius 2 is 1.86 bits per heavy atom. The van der Waals surface area contributed by atoms with Gasteiger partial charge in [0.05, 0.1) is 9.26 Å². The van der Waals surface area contributed by atoms with Crippen LogP contribution in [0.25, 0.3) is 0 Å². The van der Waals surface area contributed by atoms with Gasteiger partial charge in [-0.1, -0.05) is 20.8 Å². The molecule has 0 radical (unpaired) electrons. The molecule has 0 aliphatic heterocycles. The standard InChI is InChI=1S/C10H18IN3/c1-6(2)14-9(12)7(11)8(13-14)10(3,4)5/h6H,12H2,1-5H3. The molecule has 4 heteroatoms. The first kappa shape index (κ1) is 11.8. The van der Waals surface area contributed by atoms with E-state index >= 15 is 0 Å². The molecule has 0 aliphatic rings. The molecular formula is C10H18IN3. The summed E-state index contributed by atoms with van der Waals surface area (Å²) >= 11 is 2.28. The Morgan fingerprint density at radius 1 is 1.36 bits per heavy atom. The molecule has 1 heterocycles. The molecule has 0 fully saturated rings. The zero-order chi connectivity index (χ0) is 11.1. The van der Waals surface area contributed by atoms with E-state index in [9.17, 15) is 0 Å². The summed E-state index contributed by atoms with van der Waals surface area (Å²) in [5.74, 6) is 0.783. The molecule has 0 saturated carbocycles. The molecule has 0 bridgehead atoms. The number of aromatic nitrogens is 2. The summed E-state index contributed by atoms with van der Waals surface area (Å²) in [6, 6.07) is 0.319. The first-order valence-electron chi connectivity index (χ1n) is 4.79. The van der Waals surface area contributed by atoms with Crippen LogP contribution in [0.4, 0.5) is 5.82 Å². The highest BCUT2D eigenvalue weighted by atomic mass is 127. The molecule has 80 valence electrons. The second-order valence-corrected chi connectivity index (χ2v) is 5.91. The van der Waals surface area contributed by atoms with Gasteiger partial charge >= 0.3 is 0 Å². The van der Waals surface area contributed by atoms with Gasteiger partial charge in [0.15, 0.2) is 0 Å². The third kappa shape index (κ3) is 2.04. The first-order valence-corrected chi connectivity index (χ1v) is 5.87. The Hall–Kier alpha value is -0.260. The zero-order valence-corrected chi connectivity index (χ0v) is 11.6. The Balaban J connectivity index is 3.29. The molecule has 0 aromatic carbocycles. The number of nitrogen functional groups attached to an aromatic ring is 1. The monoisotopic (exact) mass is 307 g/mol. The minimum atomic E-state index is 0.0603. The third-order valence-corrected chi connectivity index (χ3v) is 3.15. The zero-order valence-electron chi connectivity index (χ0n) is 9.43. The predicted molar refractivity (Wildman–Crippen MR) is 68.4 cm³/mol. The highest BCUT2D eigenvalue weighted by Crippen LogP contribution is 2.30. The van der Waals surface area contributed by atoms with Gasteiger partial charge in [0.2, 0.25) is 0 Å². The van der Waals surface area contributed by atoms with E-state index < -0.39 is 0 Å². The van der Waals surface area contributed by atoms with Gasteiger partial charge in [0, 0.05) is 11.5 Å².